The van der Waals surface area contributed by atoms with Gasteiger partial charge >= 0.3 is 6.09 Å². The van der Waals surface area contributed by atoms with Crippen LogP contribution in [0, 0.1) is 5.92 Å². The van der Waals surface area contributed by atoms with E-state index in [1.165, 1.54) is 32.1 Å². The van der Waals surface area contributed by atoms with Gasteiger partial charge in [-0.15, -0.1) is 0 Å². The highest BCUT2D eigenvalue weighted by atomic mass is 16.6. The lowest BCUT2D eigenvalue weighted by Crippen LogP contribution is -2.48. The molecule has 0 heterocycles. The molecular formula is C13H26N2O2. The highest BCUT2D eigenvalue weighted by molar-refractivity contribution is 5.67. The number of hydrazine groups is 1. The third kappa shape index (κ3) is 5.91. The van der Waals surface area contributed by atoms with E-state index < -0.39 is 11.7 Å². The van der Waals surface area contributed by atoms with Gasteiger partial charge in [0.1, 0.15) is 5.60 Å². The van der Waals surface area contributed by atoms with Crippen LogP contribution in [0.2, 0.25) is 0 Å². The maximum absolute atomic E-state index is 11.5. The average Bonchev–Trinajstić information content (AvgIpc) is 2.25. The van der Waals surface area contributed by atoms with Gasteiger partial charge in [0.25, 0.3) is 0 Å². The minimum atomic E-state index is -0.445. The Hall–Kier alpha value is -0.770. The molecule has 1 aliphatic carbocycles. The van der Waals surface area contributed by atoms with E-state index >= 15 is 0 Å². The summed E-state index contributed by atoms with van der Waals surface area (Å²) in [5.74, 6) is 0.665. The van der Waals surface area contributed by atoms with Gasteiger partial charge in [0.05, 0.1) is 0 Å². The molecule has 4 nitrogen and oxygen atoms in total. The summed E-state index contributed by atoms with van der Waals surface area (Å²) >= 11 is 0. The predicted octanol–water partition coefficient (Wildman–Crippen LogP) is 2.98. The summed E-state index contributed by atoms with van der Waals surface area (Å²) < 4.78 is 5.16. The number of hydrogen-bond donors (Lipinski definition) is 2. The zero-order chi connectivity index (χ0) is 12.9. The molecule has 0 bridgehead atoms. The predicted molar refractivity (Wildman–Crippen MR) is 68.5 cm³/mol. The summed E-state index contributed by atoms with van der Waals surface area (Å²) in [5, 5.41) is 0. The minimum Gasteiger partial charge on any atom is -0.443 e. The second kappa shape index (κ2) is 6.24. The molecule has 1 saturated carbocycles. The fourth-order valence-electron chi connectivity index (χ4n) is 2.23. The summed E-state index contributed by atoms with van der Waals surface area (Å²) in [6.07, 6.45) is 6.07. The van der Waals surface area contributed by atoms with Crippen molar-refractivity contribution in [1.82, 2.24) is 10.9 Å². The van der Waals surface area contributed by atoms with Crippen LogP contribution < -0.4 is 10.9 Å². The topological polar surface area (TPSA) is 50.4 Å². The molecule has 100 valence electrons. The van der Waals surface area contributed by atoms with E-state index in [4.69, 9.17) is 4.74 Å². The Bertz CT molecular complexity index is 242. The van der Waals surface area contributed by atoms with Crippen LogP contribution in [0.15, 0.2) is 0 Å². The second-order valence-corrected chi connectivity index (χ2v) is 5.96. The quantitative estimate of drug-likeness (QED) is 0.748. The van der Waals surface area contributed by atoms with E-state index in [0.29, 0.717) is 12.0 Å². The summed E-state index contributed by atoms with van der Waals surface area (Å²) in [5.41, 5.74) is 5.23. The Morgan fingerprint density at radius 1 is 1.24 bits per heavy atom. The lowest BCUT2D eigenvalue weighted by atomic mass is 9.85. The maximum atomic E-state index is 11.5. The average molecular weight is 242 g/mol. The molecule has 17 heavy (non-hydrogen) atoms. The Labute approximate surface area is 104 Å². The SMILES string of the molecule is CC(NNC(=O)OC(C)(C)C)C1CCCCC1. The fraction of sp³-hybridized carbons (Fsp3) is 0.923. The zero-order valence-corrected chi connectivity index (χ0v) is 11.5. The van der Waals surface area contributed by atoms with Crippen molar-refractivity contribution in [2.45, 2.75) is 71.4 Å². The molecule has 1 rings (SSSR count). The van der Waals surface area contributed by atoms with E-state index in [2.05, 4.69) is 17.8 Å². The third-order valence-corrected chi connectivity index (χ3v) is 3.16. The van der Waals surface area contributed by atoms with Crippen LogP contribution >= 0.6 is 0 Å². The summed E-state index contributed by atoms with van der Waals surface area (Å²) in [6, 6.07) is 0.308. The van der Waals surface area contributed by atoms with Crippen LogP contribution in [0.1, 0.15) is 59.8 Å². The summed E-state index contributed by atoms with van der Waals surface area (Å²) in [6.45, 7) is 7.69. The van der Waals surface area contributed by atoms with Crippen molar-refractivity contribution in [3.63, 3.8) is 0 Å². The molecule has 1 atom stereocenters. The van der Waals surface area contributed by atoms with Crippen molar-refractivity contribution in [3.8, 4) is 0 Å². The molecule has 0 aromatic carbocycles. The van der Waals surface area contributed by atoms with Gasteiger partial charge < -0.3 is 4.74 Å². The molecule has 0 aliphatic heterocycles. The molecule has 1 fully saturated rings. The summed E-state index contributed by atoms with van der Waals surface area (Å²) in [4.78, 5) is 11.5. The first-order valence-electron chi connectivity index (χ1n) is 6.63. The molecule has 4 heteroatoms. The number of ether oxygens (including phenoxy) is 1. The Morgan fingerprint density at radius 2 is 1.82 bits per heavy atom. The molecule has 1 amide bonds. The lowest BCUT2D eigenvalue weighted by molar-refractivity contribution is 0.0478. The van der Waals surface area contributed by atoms with Crippen molar-refractivity contribution in [1.29, 1.82) is 0 Å². The first-order valence-corrected chi connectivity index (χ1v) is 6.63. The second-order valence-electron chi connectivity index (χ2n) is 5.96. The van der Waals surface area contributed by atoms with Gasteiger partial charge in [-0.05, 0) is 46.5 Å². The van der Waals surface area contributed by atoms with Crippen molar-refractivity contribution in [2.75, 3.05) is 0 Å². The van der Waals surface area contributed by atoms with Crippen LogP contribution in [-0.2, 0) is 4.74 Å². The monoisotopic (exact) mass is 242 g/mol. The molecule has 0 saturated heterocycles. The minimum absolute atomic E-state index is 0.308. The van der Waals surface area contributed by atoms with Gasteiger partial charge in [0.15, 0.2) is 0 Å². The Kier molecular flexibility index (Phi) is 5.25. The van der Waals surface area contributed by atoms with Crippen molar-refractivity contribution >= 4 is 6.09 Å². The van der Waals surface area contributed by atoms with Crippen LogP contribution in [0.5, 0.6) is 0 Å². The smallest absolute Gasteiger partial charge is 0.422 e. The van der Waals surface area contributed by atoms with Crippen LogP contribution in [0.25, 0.3) is 0 Å². The number of nitrogens with one attached hydrogen (secondary N) is 2. The Balaban J connectivity index is 2.22. The largest absolute Gasteiger partial charge is 0.443 e. The highest BCUT2D eigenvalue weighted by Gasteiger charge is 2.21. The highest BCUT2D eigenvalue weighted by Crippen LogP contribution is 2.25. The van der Waals surface area contributed by atoms with Gasteiger partial charge in [0.2, 0.25) is 0 Å². The molecule has 0 radical (unpaired) electrons. The maximum Gasteiger partial charge on any atom is 0.422 e. The third-order valence-electron chi connectivity index (χ3n) is 3.16. The summed E-state index contributed by atoms with van der Waals surface area (Å²) in [7, 11) is 0. The van der Waals surface area contributed by atoms with Crippen LogP contribution in [0.4, 0.5) is 4.79 Å². The fourth-order valence-corrected chi connectivity index (χ4v) is 2.23. The molecule has 1 aliphatic rings. The van der Waals surface area contributed by atoms with Crippen LogP contribution in [0.3, 0.4) is 0 Å². The van der Waals surface area contributed by atoms with Gasteiger partial charge in [-0.3, -0.25) is 5.43 Å². The first kappa shape index (κ1) is 14.3. The Morgan fingerprint density at radius 3 is 2.35 bits per heavy atom. The molecule has 0 spiro atoms. The lowest BCUT2D eigenvalue weighted by Gasteiger charge is -2.28. The molecular weight excluding hydrogens is 216 g/mol. The normalized spacial score (nSPS) is 19.8. The number of amides is 1. The number of carbonyl (C=O) groups is 1. The molecule has 0 aromatic heterocycles. The van der Waals surface area contributed by atoms with Gasteiger partial charge in [-0.2, -0.15) is 0 Å². The standard InChI is InChI=1S/C13H26N2O2/c1-10(11-8-6-5-7-9-11)14-15-12(16)17-13(2,3)4/h10-11,14H,5-9H2,1-4H3,(H,15,16). The number of rotatable bonds is 3. The van der Waals surface area contributed by atoms with Crippen LogP contribution in [-0.4, -0.2) is 17.7 Å². The number of carbonyl (C=O) groups excluding carboxylic acids is 1. The van der Waals surface area contributed by atoms with E-state index in [1.807, 2.05) is 20.8 Å². The van der Waals surface area contributed by atoms with Crippen molar-refractivity contribution < 1.29 is 9.53 Å². The van der Waals surface area contributed by atoms with E-state index in [-0.39, 0.29) is 0 Å². The molecule has 1 unspecified atom stereocenters. The van der Waals surface area contributed by atoms with Crippen molar-refractivity contribution in [2.24, 2.45) is 5.92 Å². The number of hydrogen-bond acceptors (Lipinski definition) is 3. The van der Waals surface area contributed by atoms with Gasteiger partial charge in [-0.25, -0.2) is 10.2 Å². The van der Waals surface area contributed by atoms with E-state index in [0.717, 1.165) is 0 Å². The molecule has 2 N–H and O–H groups in total. The van der Waals surface area contributed by atoms with Crippen molar-refractivity contribution in [3.05, 3.63) is 0 Å². The molecule has 0 aromatic rings. The first-order chi connectivity index (χ1) is 7.88. The van der Waals surface area contributed by atoms with E-state index in [9.17, 15) is 4.79 Å². The van der Waals surface area contributed by atoms with Gasteiger partial charge in [-0.1, -0.05) is 19.3 Å². The zero-order valence-electron chi connectivity index (χ0n) is 11.5. The van der Waals surface area contributed by atoms with Gasteiger partial charge in [0, 0.05) is 6.04 Å². The van der Waals surface area contributed by atoms with E-state index in [1.54, 1.807) is 0 Å².